The van der Waals surface area contributed by atoms with Gasteiger partial charge in [-0.25, -0.2) is 0 Å². The summed E-state index contributed by atoms with van der Waals surface area (Å²) in [5.41, 5.74) is -0.297. The van der Waals surface area contributed by atoms with Gasteiger partial charge in [-0.1, -0.05) is 23.2 Å². The van der Waals surface area contributed by atoms with Gasteiger partial charge in [0.05, 0.1) is 27.1 Å². The number of aliphatic hydroxyl groups excluding tert-OH is 1. The lowest BCUT2D eigenvalue weighted by Crippen LogP contribution is -2.35. The van der Waals surface area contributed by atoms with Crippen LogP contribution in [0, 0.1) is 10.1 Å². The van der Waals surface area contributed by atoms with Crippen molar-refractivity contribution in [1.29, 1.82) is 0 Å². The van der Waals surface area contributed by atoms with Crippen LogP contribution >= 0.6 is 23.2 Å². The molecule has 1 saturated carbocycles. The van der Waals surface area contributed by atoms with Gasteiger partial charge in [0.15, 0.2) is 0 Å². The number of aliphatic hydroxyl groups is 1. The van der Waals surface area contributed by atoms with Gasteiger partial charge in [0.2, 0.25) is 0 Å². The molecule has 1 aliphatic rings. The maximum Gasteiger partial charge on any atom is 0.271 e. The van der Waals surface area contributed by atoms with Gasteiger partial charge < -0.3 is 10.0 Å². The van der Waals surface area contributed by atoms with Crippen molar-refractivity contribution in [2.75, 3.05) is 13.2 Å². The monoisotopic (exact) mass is 318 g/mol. The molecule has 0 bridgehead atoms. The first-order chi connectivity index (χ1) is 9.45. The van der Waals surface area contributed by atoms with Crippen molar-refractivity contribution in [3.63, 3.8) is 0 Å². The van der Waals surface area contributed by atoms with Crippen molar-refractivity contribution in [2.45, 2.75) is 18.9 Å². The number of nitro benzene ring substituents is 1. The topological polar surface area (TPSA) is 83.7 Å². The Labute approximate surface area is 125 Å². The summed E-state index contributed by atoms with van der Waals surface area (Å²) >= 11 is 11.8. The molecule has 0 saturated heterocycles. The van der Waals surface area contributed by atoms with Gasteiger partial charge >= 0.3 is 0 Å². The Morgan fingerprint density at radius 3 is 2.60 bits per heavy atom. The number of hydrogen-bond acceptors (Lipinski definition) is 4. The molecule has 8 heteroatoms. The lowest BCUT2D eigenvalue weighted by molar-refractivity contribution is -0.384. The van der Waals surface area contributed by atoms with Crippen LogP contribution in [0.4, 0.5) is 5.69 Å². The summed E-state index contributed by atoms with van der Waals surface area (Å²) in [6.07, 6.45) is 1.71. The molecule has 1 aromatic carbocycles. The molecule has 0 radical (unpaired) electrons. The van der Waals surface area contributed by atoms with Crippen LogP contribution in [-0.2, 0) is 0 Å². The minimum absolute atomic E-state index is 0.00813. The van der Waals surface area contributed by atoms with E-state index in [2.05, 4.69) is 0 Å². The van der Waals surface area contributed by atoms with E-state index >= 15 is 0 Å². The highest BCUT2D eigenvalue weighted by molar-refractivity contribution is 6.44. The molecule has 0 aromatic heterocycles. The number of halogens is 2. The second-order valence-corrected chi connectivity index (χ2v) is 5.28. The standard InChI is InChI=1S/C12H12Cl2N2O4/c13-10-6-8(16(19)20)5-9(11(10)14)12(18)15(3-4-17)7-1-2-7/h5-7,17H,1-4H2. The Hall–Kier alpha value is -1.37. The molecule has 20 heavy (non-hydrogen) atoms. The van der Waals surface area contributed by atoms with Crippen LogP contribution in [0.5, 0.6) is 0 Å². The smallest absolute Gasteiger partial charge is 0.271 e. The van der Waals surface area contributed by atoms with Gasteiger partial charge in [-0.15, -0.1) is 0 Å². The summed E-state index contributed by atoms with van der Waals surface area (Å²) in [5, 5.41) is 19.8. The van der Waals surface area contributed by atoms with Crippen molar-refractivity contribution in [3.8, 4) is 0 Å². The normalized spacial score (nSPS) is 14.2. The Balaban J connectivity index is 2.39. The molecule has 0 aliphatic heterocycles. The molecule has 1 aromatic rings. The number of nitro groups is 1. The van der Waals surface area contributed by atoms with Crippen LogP contribution in [0.3, 0.4) is 0 Å². The summed E-state index contributed by atoms with van der Waals surface area (Å²) in [7, 11) is 0. The first kappa shape index (κ1) is 15.0. The molecule has 1 fully saturated rings. The number of rotatable bonds is 5. The van der Waals surface area contributed by atoms with Crippen molar-refractivity contribution in [1.82, 2.24) is 4.90 Å². The first-order valence-corrected chi connectivity index (χ1v) is 6.76. The summed E-state index contributed by atoms with van der Waals surface area (Å²) in [6.45, 7) is -0.0113. The Kier molecular flexibility index (Phi) is 4.47. The number of amides is 1. The van der Waals surface area contributed by atoms with Crippen LogP contribution < -0.4 is 0 Å². The van der Waals surface area contributed by atoms with E-state index in [4.69, 9.17) is 28.3 Å². The van der Waals surface area contributed by atoms with Crippen LogP contribution in [0.2, 0.25) is 10.0 Å². The van der Waals surface area contributed by atoms with Gasteiger partial charge in [-0.05, 0) is 12.8 Å². The zero-order chi connectivity index (χ0) is 14.9. The third-order valence-electron chi connectivity index (χ3n) is 3.04. The van der Waals surface area contributed by atoms with Crippen molar-refractivity contribution >= 4 is 34.8 Å². The SMILES string of the molecule is O=C(c1cc([N+](=O)[O-])cc(Cl)c1Cl)N(CCO)C1CC1. The predicted octanol–water partition coefficient (Wildman–Crippen LogP) is 2.50. The molecule has 108 valence electrons. The van der Waals surface area contributed by atoms with Crippen LogP contribution in [0.1, 0.15) is 23.2 Å². The molecule has 0 unspecified atom stereocenters. The maximum atomic E-state index is 12.4. The molecule has 1 aliphatic carbocycles. The highest BCUT2D eigenvalue weighted by Gasteiger charge is 2.34. The lowest BCUT2D eigenvalue weighted by Gasteiger charge is -2.22. The molecule has 1 amide bonds. The van der Waals surface area contributed by atoms with Gasteiger partial charge in [-0.2, -0.15) is 0 Å². The zero-order valence-electron chi connectivity index (χ0n) is 10.4. The highest BCUT2D eigenvalue weighted by atomic mass is 35.5. The van der Waals surface area contributed by atoms with Gasteiger partial charge in [0, 0.05) is 24.7 Å². The van der Waals surface area contributed by atoms with E-state index < -0.39 is 10.8 Å². The van der Waals surface area contributed by atoms with Crippen molar-refractivity contribution in [2.24, 2.45) is 0 Å². The average Bonchev–Trinajstić information content (AvgIpc) is 3.22. The van der Waals surface area contributed by atoms with E-state index in [1.165, 1.54) is 4.90 Å². The number of nitrogens with zero attached hydrogens (tertiary/aromatic N) is 2. The largest absolute Gasteiger partial charge is 0.395 e. The molecular weight excluding hydrogens is 307 g/mol. The molecule has 6 nitrogen and oxygen atoms in total. The summed E-state index contributed by atoms with van der Waals surface area (Å²) in [6, 6.07) is 2.28. The van der Waals surface area contributed by atoms with Crippen LogP contribution in [0.25, 0.3) is 0 Å². The fourth-order valence-corrected chi connectivity index (χ4v) is 2.34. The van der Waals surface area contributed by atoms with Crippen LogP contribution in [0.15, 0.2) is 12.1 Å². The average molecular weight is 319 g/mol. The number of benzene rings is 1. The first-order valence-electron chi connectivity index (χ1n) is 6.01. The second-order valence-electron chi connectivity index (χ2n) is 4.50. The molecule has 0 spiro atoms. The fourth-order valence-electron chi connectivity index (χ4n) is 1.93. The molecular formula is C12H12Cl2N2O4. The van der Waals surface area contributed by atoms with E-state index in [-0.39, 0.29) is 40.5 Å². The van der Waals surface area contributed by atoms with Crippen molar-refractivity contribution in [3.05, 3.63) is 37.9 Å². The third-order valence-corrected chi connectivity index (χ3v) is 3.85. The number of carbonyl (C=O) groups is 1. The van der Waals surface area contributed by atoms with E-state index in [0.29, 0.717) is 0 Å². The van der Waals surface area contributed by atoms with Gasteiger partial charge in [0.1, 0.15) is 0 Å². The quantitative estimate of drug-likeness (QED) is 0.667. The third kappa shape index (κ3) is 3.03. The van der Waals surface area contributed by atoms with Crippen molar-refractivity contribution < 1.29 is 14.8 Å². The molecule has 1 N–H and O–H groups in total. The molecule has 0 atom stereocenters. The van der Waals surface area contributed by atoms with E-state index in [0.717, 1.165) is 25.0 Å². The van der Waals surface area contributed by atoms with Crippen LogP contribution in [-0.4, -0.2) is 40.0 Å². The van der Waals surface area contributed by atoms with E-state index in [1.807, 2.05) is 0 Å². The minimum Gasteiger partial charge on any atom is -0.395 e. The second kappa shape index (κ2) is 5.95. The summed E-state index contributed by atoms with van der Waals surface area (Å²) in [5.74, 6) is -0.447. The molecule has 0 heterocycles. The number of non-ortho nitro benzene ring substituents is 1. The van der Waals surface area contributed by atoms with E-state index in [9.17, 15) is 14.9 Å². The minimum atomic E-state index is -0.632. The molecule has 2 rings (SSSR count). The number of hydrogen-bond donors (Lipinski definition) is 1. The summed E-state index contributed by atoms with van der Waals surface area (Å²) < 4.78 is 0. The van der Waals surface area contributed by atoms with E-state index in [1.54, 1.807) is 0 Å². The predicted molar refractivity (Wildman–Crippen MR) is 74.3 cm³/mol. The summed E-state index contributed by atoms with van der Waals surface area (Å²) in [4.78, 5) is 24.1. The van der Waals surface area contributed by atoms with Gasteiger partial charge in [-0.3, -0.25) is 14.9 Å². The van der Waals surface area contributed by atoms with Gasteiger partial charge in [0.25, 0.3) is 11.6 Å². The maximum absolute atomic E-state index is 12.4. The Morgan fingerprint density at radius 2 is 2.10 bits per heavy atom. The fraction of sp³-hybridized carbons (Fsp3) is 0.417. The zero-order valence-corrected chi connectivity index (χ0v) is 11.9. The highest BCUT2D eigenvalue weighted by Crippen LogP contribution is 2.34. The Bertz CT molecular complexity index is 561. The Morgan fingerprint density at radius 1 is 1.45 bits per heavy atom. The number of carbonyl (C=O) groups excluding carboxylic acids is 1. The lowest BCUT2D eigenvalue weighted by atomic mass is 10.1.